The molecule has 23 heavy (non-hydrogen) atoms. The predicted molar refractivity (Wildman–Crippen MR) is 78.3 cm³/mol. The van der Waals surface area contributed by atoms with Crippen LogP contribution in [0.2, 0.25) is 0 Å². The number of benzene rings is 2. The molecule has 0 saturated heterocycles. The molecule has 1 amide bonds. The first kappa shape index (κ1) is 16.8. The first-order valence-corrected chi connectivity index (χ1v) is 6.77. The summed E-state index contributed by atoms with van der Waals surface area (Å²) < 4.78 is 40.5. The van der Waals surface area contributed by atoms with E-state index in [9.17, 15) is 18.0 Å². The average Bonchev–Trinajstić information content (AvgIpc) is 2.47. The Balaban J connectivity index is 2.07. The Bertz CT molecular complexity index is 660. The number of hydrogen-bond acceptors (Lipinski definition) is 3. The maximum Gasteiger partial charge on any atom is 0.573 e. The van der Waals surface area contributed by atoms with Gasteiger partial charge in [0.1, 0.15) is 11.8 Å². The summed E-state index contributed by atoms with van der Waals surface area (Å²) in [5.74, 6) is -0.883. The van der Waals surface area contributed by atoms with Gasteiger partial charge < -0.3 is 10.5 Å². The maximum absolute atomic E-state index is 12.2. The fourth-order valence-electron chi connectivity index (χ4n) is 2.10. The lowest BCUT2D eigenvalue weighted by molar-refractivity contribution is -0.274. The summed E-state index contributed by atoms with van der Waals surface area (Å²) in [7, 11) is 0. The van der Waals surface area contributed by atoms with Gasteiger partial charge in [-0.2, -0.15) is 0 Å². The minimum absolute atomic E-state index is 0.164. The summed E-state index contributed by atoms with van der Waals surface area (Å²) in [6.45, 7) is 0.164. The highest BCUT2D eigenvalue weighted by Gasteiger charge is 2.31. The van der Waals surface area contributed by atoms with Gasteiger partial charge in [-0.05, 0) is 23.3 Å². The molecule has 1 atom stereocenters. The van der Waals surface area contributed by atoms with E-state index in [1.807, 2.05) is 0 Å². The first-order chi connectivity index (χ1) is 10.8. The van der Waals surface area contributed by atoms with E-state index in [1.165, 1.54) is 18.2 Å². The number of carbonyl (C=O) groups is 1. The van der Waals surface area contributed by atoms with Crippen LogP contribution in [0, 0.1) is 0 Å². The molecule has 3 N–H and O–H groups in total. The van der Waals surface area contributed by atoms with Crippen molar-refractivity contribution in [2.45, 2.75) is 18.9 Å². The zero-order valence-corrected chi connectivity index (χ0v) is 12.0. The van der Waals surface area contributed by atoms with Crippen molar-refractivity contribution >= 4 is 5.91 Å². The molecule has 2 aromatic carbocycles. The molecule has 0 bridgehead atoms. The van der Waals surface area contributed by atoms with Crippen molar-refractivity contribution in [1.29, 1.82) is 0 Å². The Morgan fingerprint density at radius 1 is 1.13 bits per heavy atom. The van der Waals surface area contributed by atoms with E-state index < -0.39 is 18.3 Å². The van der Waals surface area contributed by atoms with Gasteiger partial charge in [-0.25, -0.2) is 0 Å². The van der Waals surface area contributed by atoms with Crippen molar-refractivity contribution in [2.24, 2.45) is 5.73 Å². The normalized spacial score (nSPS) is 12.7. The van der Waals surface area contributed by atoms with E-state index in [-0.39, 0.29) is 12.3 Å². The second-order valence-electron chi connectivity index (χ2n) is 4.82. The zero-order chi connectivity index (χ0) is 16.9. The molecule has 0 aromatic heterocycles. The van der Waals surface area contributed by atoms with Crippen LogP contribution in [0.25, 0.3) is 0 Å². The Morgan fingerprint density at radius 3 is 2.43 bits per heavy atom. The first-order valence-electron chi connectivity index (χ1n) is 6.77. The van der Waals surface area contributed by atoms with Crippen molar-refractivity contribution < 1.29 is 22.7 Å². The molecule has 4 nitrogen and oxygen atoms in total. The number of carbonyl (C=O) groups excluding carboxylic acids is 1. The van der Waals surface area contributed by atoms with E-state index in [2.05, 4.69) is 10.1 Å². The number of alkyl halides is 3. The van der Waals surface area contributed by atoms with Gasteiger partial charge in [0.25, 0.3) is 0 Å². The number of nitrogens with two attached hydrogens (primary N) is 1. The smallest absolute Gasteiger partial charge is 0.406 e. The largest absolute Gasteiger partial charge is 0.573 e. The van der Waals surface area contributed by atoms with Crippen LogP contribution in [0.15, 0.2) is 54.6 Å². The van der Waals surface area contributed by atoms with Crippen LogP contribution in [0.1, 0.15) is 17.2 Å². The lowest BCUT2D eigenvalue weighted by atomic mass is 10.1. The number of hydrogen-bond donors (Lipinski definition) is 2. The third kappa shape index (κ3) is 5.30. The lowest BCUT2D eigenvalue weighted by Crippen LogP contribution is -2.33. The van der Waals surface area contributed by atoms with E-state index in [0.29, 0.717) is 11.1 Å². The van der Waals surface area contributed by atoms with Gasteiger partial charge in [-0.3, -0.25) is 10.1 Å². The molecule has 7 heteroatoms. The molecular formula is C16H15F3N2O2. The highest BCUT2D eigenvalue weighted by Crippen LogP contribution is 2.23. The van der Waals surface area contributed by atoms with Crippen LogP contribution >= 0.6 is 0 Å². The summed E-state index contributed by atoms with van der Waals surface area (Å²) in [6, 6.07) is 13.6. The summed E-state index contributed by atoms with van der Waals surface area (Å²) in [6.07, 6.45) is -4.74. The standard InChI is InChI=1S/C16H15F3N2O2/c17-16(18,19)23-13-8-4-5-11(9-13)10-21-14(15(20)22)12-6-2-1-3-7-12/h1-9,14,21H,10H2,(H2,20,22)/t14-/m1/s1. The van der Waals surface area contributed by atoms with E-state index >= 15 is 0 Å². The molecule has 0 aliphatic rings. The third-order valence-corrected chi connectivity index (χ3v) is 3.06. The molecule has 2 rings (SSSR count). The molecule has 0 saturated carbocycles. The van der Waals surface area contributed by atoms with Gasteiger partial charge in [-0.1, -0.05) is 42.5 Å². The number of primary amides is 1. The van der Waals surface area contributed by atoms with Gasteiger partial charge >= 0.3 is 6.36 Å². The number of ether oxygens (including phenoxy) is 1. The number of halogens is 3. The van der Waals surface area contributed by atoms with E-state index in [1.54, 1.807) is 36.4 Å². The van der Waals surface area contributed by atoms with Crippen molar-refractivity contribution in [3.63, 3.8) is 0 Å². The van der Waals surface area contributed by atoms with Crippen LogP contribution in [-0.4, -0.2) is 12.3 Å². The zero-order valence-electron chi connectivity index (χ0n) is 12.0. The molecule has 0 heterocycles. The number of nitrogens with one attached hydrogen (secondary N) is 1. The van der Waals surface area contributed by atoms with Crippen molar-refractivity contribution in [1.82, 2.24) is 5.32 Å². The minimum Gasteiger partial charge on any atom is -0.406 e. The third-order valence-electron chi connectivity index (χ3n) is 3.06. The van der Waals surface area contributed by atoms with E-state index in [0.717, 1.165) is 0 Å². The Kier molecular flexibility index (Phi) is 5.23. The summed E-state index contributed by atoms with van der Waals surface area (Å²) in [4.78, 5) is 11.6. The van der Waals surface area contributed by atoms with E-state index in [4.69, 9.17) is 5.73 Å². The van der Waals surface area contributed by atoms with Gasteiger partial charge in [0.15, 0.2) is 0 Å². The summed E-state index contributed by atoms with van der Waals surface area (Å²) in [5.41, 5.74) is 6.59. The van der Waals surface area contributed by atoms with Crippen molar-refractivity contribution in [2.75, 3.05) is 0 Å². The fraction of sp³-hybridized carbons (Fsp3) is 0.188. The maximum atomic E-state index is 12.2. The van der Waals surface area contributed by atoms with Gasteiger partial charge in [0.2, 0.25) is 5.91 Å². The molecule has 0 unspecified atom stereocenters. The van der Waals surface area contributed by atoms with Crippen LogP contribution < -0.4 is 15.8 Å². The molecule has 122 valence electrons. The van der Waals surface area contributed by atoms with Crippen LogP contribution in [0.5, 0.6) is 5.75 Å². The highest BCUT2D eigenvalue weighted by atomic mass is 19.4. The topological polar surface area (TPSA) is 64.4 Å². The predicted octanol–water partition coefficient (Wildman–Crippen LogP) is 2.90. The molecule has 0 radical (unpaired) electrons. The van der Waals surface area contributed by atoms with Crippen LogP contribution in [0.3, 0.4) is 0 Å². The molecule has 0 aliphatic heterocycles. The van der Waals surface area contributed by atoms with Gasteiger partial charge in [0.05, 0.1) is 0 Å². The van der Waals surface area contributed by atoms with Crippen molar-refractivity contribution in [3.8, 4) is 5.75 Å². The average molecular weight is 324 g/mol. The monoisotopic (exact) mass is 324 g/mol. The van der Waals surface area contributed by atoms with Crippen molar-refractivity contribution in [3.05, 3.63) is 65.7 Å². The Hall–Kier alpha value is -2.54. The lowest BCUT2D eigenvalue weighted by Gasteiger charge is -2.16. The van der Waals surface area contributed by atoms with Crippen LogP contribution in [0.4, 0.5) is 13.2 Å². The number of amides is 1. The molecular weight excluding hydrogens is 309 g/mol. The Morgan fingerprint density at radius 2 is 1.83 bits per heavy atom. The second kappa shape index (κ2) is 7.15. The second-order valence-corrected chi connectivity index (χ2v) is 4.82. The molecule has 2 aromatic rings. The fourth-order valence-corrected chi connectivity index (χ4v) is 2.10. The SMILES string of the molecule is NC(=O)[C@H](NCc1cccc(OC(F)(F)F)c1)c1ccccc1. The molecule has 0 aliphatic carbocycles. The minimum atomic E-state index is -4.74. The molecule has 0 fully saturated rings. The number of rotatable bonds is 6. The molecule has 0 spiro atoms. The summed E-state index contributed by atoms with van der Waals surface area (Å²) in [5, 5.41) is 2.93. The quantitative estimate of drug-likeness (QED) is 0.859. The highest BCUT2D eigenvalue weighted by molar-refractivity contribution is 5.81. The Labute approximate surface area is 131 Å². The van der Waals surface area contributed by atoms with Gasteiger partial charge in [-0.15, -0.1) is 13.2 Å². The van der Waals surface area contributed by atoms with Crippen LogP contribution in [-0.2, 0) is 11.3 Å². The van der Waals surface area contributed by atoms with Gasteiger partial charge in [0, 0.05) is 6.54 Å². The summed E-state index contributed by atoms with van der Waals surface area (Å²) >= 11 is 0.